The summed E-state index contributed by atoms with van der Waals surface area (Å²) in [5.74, 6) is 0.429. The number of thiazole rings is 1. The average Bonchev–Trinajstić information content (AvgIpc) is 3.27. The molecule has 0 fully saturated rings. The van der Waals surface area contributed by atoms with Crippen molar-refractivity contribution >= 4 is 28.3 Å². The second-order valence-corrected chi connectivity index (χ2v) is 6.60. The minimum absolute atomic E-state index is 0.0923. The Morgan fingerprint density at radius 3 is 2.78 bits per heavy atom. The fraction of sp³-hybridized carbons (Fsp3) is 0.0526. The van der Waals surface area contributed by atoms with E-state index >= 15 is 0 Å². The van der Waals surface area contributed by atoms with Gasteiger partial charge in [0.15, 0.2) is 11.2 Å². The Morgan fingerprint density at radius 2 is 2.04 bits per heavy atom. The van der Waals surface area contributed by atoms with E-state index in [1.54, 1.807) is 16.7 Å². The van der Waals surface area contributed by atoms with Crippen LogP contribution in [0, 0.1) is 10.1 Å². The maximum Gasteiger partial charge on any atom is 0.270 e. The summed E-state index contributed by atoms with van der Waals surface area (Å²) in [6.07, 6.45) is 2.43. The van der Waals surface area contributed by atoms with E-state index in [1.807, 2.05) is 35.7 Å². The molecule has 0 saturated carbocycles. The number of hydrogen-bond acceptors (Lipinski definition) is 6. The van der Waals surface area contributed by atoms with Crippen LogP contribution in [0.2, 0.25) is 0 Å². The van der Waals surface area contributed by atoms with Crippen molar-refractivity contribution in [2.24, 2.45) is 0 Å². The van der Waals surface area contributed by atoms with Crippen molar-refractivity contribution in [1.82, 2.24) is 9.38 Å². The van der Waals surface area contributed by atoms with Crippen LogP contribution in [0.15, 0.2) is 60.1 Å². The number of nitrogens with zero attached hydrogens (tertiary/aromatic N) is 3. The third-order valence-corrected chi connectivity index (χ3v) is 4.83. The number of carbonyl (C=O) groups is 1. The van der Waals surface area contributed by atoms with Gasteiger partial charge in [0, 0.05) is 23.7 Å². The predicted molar refractivity (Wildman–Crippen MR) is 101 cm³/mol. The largest absolute Gasteiger partial charge is 0.488 e. The van der Waals surface area contributed by atoms with Crippen molar-refractivity contribution in [1.29, 1.82) is 0 Å². The number of fused-ring (bicyclic) bond motifs is 1. The number of non-ortho nitro benzene ring substituents is 1. The first kappa shape index (κ1) is 16.9. The molecule has 0 aliphatic carbocycles. The maximum absolute atomic E-state index is 11.7. The number of rotatable bonds is 6. The van der Waals surface area contributed by atoms with Gasteiger partial charge in [0.2, 0.25) is 0 Å². The van der Waals surface area contributed by atoms with Crippen LogP contribution in [-0.4, -0.2) is 20.6 Å². The van der Waals surface area contributed by atoms with Crippen molar-refractivity contribution in [3.8, 4) is 17.0 Å². The Hall–Kier alpha value is -3.52. The molecular weight excluding hydrogens is 366 g/mol. The number of imidazole rings is 1. The highest BCUT2D eigenvalue weighted by molar-refractivity contribution is 7.15. The number of hydrogen-bond donors (Lipinski definition) is 0. The van der Waals surface area contributed by atoms with Gasteiger partial charge in [0.1, 0.15) is 23.7 Å². The van der Waals surface area contributed by atoms with Gasteiger partial charge in [-0.15, -0.1) is 11.3 Å². The van der Waals surface area contributed by atoms with E-state index in [9.17, 15) is 14.9 Å². The standard InChI is InChI=1S/C19H13N3O4S/c23-11-16-18(20-19-21(16)8-9-27-19)15-10-14(22(24)25)6-7-17(15)26-12-13-4-2-1-3-5-13/h1-11H,12H2. The Bertz CT molecular complexity index is 1130. The predicted octanol–water partition coefficient (Wildman–Crippen LogP) is 4.36. The van der Waals surface area contributed by atoms with Crippen LogP contribution in [0.4, 0.5) is 5.69 Å². The third-order valence-electron chi connectivity index (χ3n) is 4.08. The average molecular weight is 379 g/mol. The molecule has 0 saturated heterocycles. The highest BCUT2D eigenvalue weighted by Crippen LogP contribution is 2.36. The summed E-state index contributed by atoms with van der Waals surface area (Å²) in [6.45, 7) is 0.296. The monoisotopic (exact) mass is 379 g/mol. The highest BCUT2D eigenvalue weighted by Gasteiger charge is 2.21. The first-order valence-corrected chi connectivity index (χ1v) is 8.91. The van der Waals surface area contributed by atoms with Crippen LogP contribution in [-0.2, 0) is 6.61 Å². The van der Waals surface area contributed by atoms with E-state index in [2.05, 4.69) is 4.98 Å². The molecule has 0 bridgehead atoms. The molecule has 2 aromatic carbocycles. The van der Waals surface area contributed by atoms with E-state index in [1.165, 1.54) is 23.5 Å². The van der Waals surface area contributed by atoms with Crippen molar-refractivity contribution in [3.63, 3.8) is 0 Å². The molecule has 0 spiro atoms. The maximum atomic E-state index is 11.7. The van der Waals surface area contributed by atoms with E-state index in [-0.39, 0.29) is 5.69 Å². The van der Waals surface area contributed by atoms with Gasteiger partial charge in [-0.2, -0.15) is 0 Å². The van der Waals surface area contributed by atoms with E-state index in [0.717, 1.165) is 5.56 Å². The normalized spacial score (nSPS) is 10.8. The summed E-state index contributed by atoms with van der Waals surface area (Å²) < 4.78 is 7.56. The number of nitro groups is 1. The van der Waals surface area contributed by atoms with Crippen molar-refractivity contribution in [2.75, 3.05) is 0 Å². The number of aldehydes is 1. The van der Waals surface area contributed by atoms with E-state index in [4.69, 9.17) is 4.74 Å². The van der Waals surface area contributed by atoms with Gasteiger partial charge in [-0.3, -0.25) is 19.3 Å². The molecular formula is C19H13N3O4S. The summed E-state index contributed by atoms with van der Waals surface area (Å²) in [5.41, 5.74) is 1.98. The van der Waals surface area contributed by atoms with Crippen LogP contribution in [0.5, 0.6) is 5.75 Å². The topological polar surface area (TPSA) is 86.7 Å². The van der Waals surface area contributed by atoms with Gasteiger partial charge in [-0.05, 0) is 11.6 Å². The minimum Gasteiger partial charge on any atom is -0.488 e. The zero-order chi connectivity index (χ0) is 18.8. The number of nitro benzene ring substituents is 1. The summed E-state index contributed by atoms with van der Waals surface area (Å²) in [6, 6.07) is 13.9. The van der Waals surface area contributed by atoms with Gasteiger partial charge in [0.05, 0.1) is 10.5 Å². The smallest absolute Gasteiger partial charge is 0.270 e. The number of carbonyl (C=O) groups excluding carboxylic acids is 1. The molecule has 0 aliphatic rings. The van der Waals surface area contributed by atoms with Crippen LogP contribution < -0.4 is 4.74 Å². The molecule has 2 heterocycles. The van der Waals surface area contributed by atoms with Crippen LogP contribution in [0.3, 0.4) is 0 Å². The van der Waals surface area contributed by atoms with Gasteiger partial charge in [-0.1, -0.05) is 30.3 Å². The molecule has 0 aliphatic heterocycles. The molecule has 0 N–H and O–H groups in total. The first-order valence-electron chi connectivity index (χ1n) is 8.03. The van der Waals surface area contributed by atoms with Crippen molar-refractivity contribution in [3.05, 3.63) is 81.5 Å². The molecule has 8 heteroatoms. The molecule has 0 atom stereocenters. The Balaban J connectivity index is 1.80. The molecule has 27 heavy (non-hydrogen) atoms. The molecule has 0 radical (unpaired) electrons. The Morgan fingerprint density at radius 1 is 1.22 bits per heavy atom. The summed E-state index contributed by atoms with van der Waals surface area (Å²) in [4.78, 5) is 27.5. The second-order valence-electron chi connectivity index (χ2n) is 5.73. The van der Waals surface area contributed by atoms with Gasteiger partial charge in [0.25, 0.3) is 5.69 Å². The second kappa shape index (κ2) is 7.00. The molecule has 134 valence electrons. The molecule has 0 amide bonds. The summed E-state index contributed by atoms with van der Waals surface area (Å²) in [7, 11) is 0. The fourth-order valence-electron chi connectivity index (χ4n) is 2.79. The lowest BCUT2D eigenvalue weighted by atomic mass is 10.1. The van der Waals surface area contributed by atoms with Crippen molar-refractivity contribution in [2.45, 2.75) is 6.61 Å². The van der Waals surface area contributed by atoms with Gasteiger partial charge in [-0.25, -0.2) is 4.98 Å². The van der Waals surface area contributed by atoms with E-state index in [0.29, 0.717) is 40.6 Å². The number of benzene rings is 2. The van der Waals surface area contributed by atoms with E-state index < -0.39 is 4.92 Å². The molecule has 4 aromatic rings. The zero-order valence-electron chi connectivity index (χ0n) is 13.9. The lowest BCUT2D eigenvalue weighted by Crippen LogP contribution is -1.99. The summed E-state index contributed by atoms with van der Waals surface area (Å²) >= 11 is 1.38. The fourth-order valence-corrected chi connectivity index (χ4v) is 3.51. The Kier molecular flexibility index (Phi) is 4.39. The lowest BCUT2D eigenvalue weighted by molar-refractivity contribution is -0.384. The molecule has 2 aromatic heterocycles. The van der Waals surface area contributed by atoms with Gasteiger partial charge >= 0.3 is 0 Å². The van der Waals surface area contributed by atoms with Crippen LogP contribution >= 0.6 is 11.3 Å². The Labute approximate surface area is 157 Å². The van der Waals surface area contributed by atoms with Gasteiger partial charge < -0.3 is 4.74 Å². The van der Waals surface area contributed by atoms with Crippen molar-refractivity contribution < 1.29 is 14.5 Å². The highest BCUT2D eigenvalue weighted by atomic mass is 32.1. The first-order chi connectivity index (χ1) is 13.2. The SMILES string of the molecule is O=Cc1c(-c2cc([N+](=O)[O-])ccc2OCc2ccccc2)nc2sccn12. The zero-order valence-corrected chi connectivity index (χ0v) is 14.8. The molecule has 4 rings (SSSR count). The molecule has 0 unspecified atom stereocenters. The quantitative estimate of drug-likeness (QED) is 0.282. The number of aromatic nitrogens is 2. The third kappa shape index (κ3) is 3.18. The number of ether oxygens (including phenoxy) is 1. The lowest BCUT2D eigenvalue weighted by Gasteiger charge is -2.11. The summed E-state index contributed by atoms with van der Waals surface area (Å²) in [5, 5.41) is 13.0. The molecule has 7 nitrogen and oxygen atoms in total. The minimum atomic E-state index is -0.483. The van der Waals surface area contributed by atoms with Crippen LogP contribution in [0.1, 0.15) is 16.1 Å². The van der Waals surface area contributed by atoms with Crippen LogP contribution in [0.25, 0.3) is 16.2 Å².